The summed E-state index contributed by atoms with van der Waals surface area (Å²) < 4.78 is 0. The third-order valence-corrected chi connectivity index (χ3v) is 6.92. The average Bonchev–Trinajstić information content (AvgIpc) is 3.85. The fraction of sp³-hybridized carbons (Fsp3) is 0.351. The van der Waals surface area contributed by atoms with Crippen LogP contribution in [0, 0.1) is 82.5 Å². The second-order valence-electron chi connectivity index (χ2n) is 10.4. The molecule has 4 aromatic rings. The van der Waals surface area contributed by atoms with Gasteiger partial charge in [-0.25, -0.2) is 0 Å². The molecule has 0 saturated carbocycles. The van der Waals surface area contributed by atoms with Gasteiger partial charge in [0, 0.05) is 90.7 Å². The molecule has 0 bridgehead atoms. The Morgan fingerprint density at radius 1 is 0.381 bits per heavy atom. The molecule has 6 heteroatoms. The van der Waals surface area contributed by atoms with Crippen molar-refractivity contribution < 1.29 is 126 Å². The minimum atomic E-state index is 0. The monoisotopic (exact) mass is 1870 g/mol. The number of hydrogen-bond donors (Lipinski definition) is 0. The van der Waals surface area contributed by atoms with E-state index in [0.717, 1.165) is 51.4 Å². The van der Waals surface area contributed by atoms with Gasteiger partial charge < -0.3 is 32.1 Å². The summed E-state index contributed by atoms with van der Waals surface area (Å²) in [6.07, 6.45) is 7.83. The maximum absolute atomic E-state index is 3.65. The Bertz CT molecular complexity index is 1530. The van der Waals surface area contributed by atoms with Gasteiger partial charge in [0.05, 0.1) is 0 Å². The minimum absolute atomic E-state index is 0. The number of benzene rings is 4. The molecule has 4 aromatic carbocycles. The van der Waals surface area contributed by atoms with Crippen molar-refractivity contribution in [1.29, 1.82) is 0 Å². The van der Waals surface area contributed by atoms with Crippen LogP contribution < -0.4 is 0 Å². The van der Waals surface area contributed by atoms with E-state index in [4.69, 9.17) is 0 Å². The zero-order valence-corrected chi connectivity index (χ0v) is 58.8. The molecule has 0 unspecified atom stereocenters. The molecule has 0 saturated heterocycles. The summed E-state index contributed by atoms with van der Waals surface area (Å²) >= 11 is 0. The molecule has 0 radical (unpaired) electrons. The first-order valence-corrected chi connectivity index (χ1v) is 20.9. The Morgan fingerprint density at radius 2 is 0.587 bits per heavy atom. The van der Waals surface area contributed by atoms with Crippen LogP contribution in [0.1, 0.15) is 144 Å². The van der Waals surface area contributed by atoms with E-state index in [1.807, 2.05) is 76.2 Å². The first kappa shape index (κ1) is 88.6. The summed E-state index contributed by atoms with van der Waals surface area (Å²) in [5, 5.41) is 0. The van der Waals surface area contributed by atoms with Crippen LogP contribution in [-0.2, 0) is 139 Å². The maximum atomic E-state index is 3.65. The fourth-order valence-electron chi connectivity index (χ4n) is 4.84. The van der Waals surface area contributed by atoms with Gasteiger partial charge >= 0.3 is 42.1 Å². The minimum Gasteiger partial charge on any atom is -0.358 e. The SMILES string of the molecule is CC.CC.CC.CC.[CH2-]C#CCC.[CH2-]C#CCC.[CH2-]C#CCC.[CH2-]CCC#CCC.[CH3-].[W+2].[W+2].[W].[W].[W].[W].c1ccc2c(c1)Cc1ccccc1-2.c1ccc2c(c1)Cc1ccccc1-2. The van der Waals surface area contributed by atoms with Gasteiger partial charge in [0.2, 0.25) is 0 Å². The third-order valence-electron chi connectivity index (χ3n) is 6.92. The first-order chi connectivity index (χ1) is 27.6. The summed E-state index contributed by atoms with van der Waals surface area (Å²) in [6, 6.07) is 34.6. The Morgan fingerprint density at radius 3 is 0.746 bits per heavy atom. The topological polar surface area (TPSA) is 0 Å². The van der Waals surface area contributed by atoms with E-state index in [2.05, 4.69) is 179 Å². The third kappa shape index (κ3) is 44.5. The molecule has 2 aliphatic carbocycles. The van der Waals surface area contributed by atoms with Crippen molar-refractivity contribution in [2.75, 3.05) is 0 Å². The Hall–Kier alpha value is -1.14. The predicted octanol–water partition coefficient (Wildman–Crippen LogP) is 16.8. The number of rotatable bonds is 1. The second kappa shape index (κ2) is 72.5. The van der Waals surface area contributed by atoms with Crippen molar-refractivity contribution in [2.45, 2.75) is 134 Å². The maximum Gasteiger partial charge on any atom is 2.00 e. The first-order valence-electron chi connectivity index (χ1n) is 20.9. The van der Waals surface area contributed by atoms with Crippen LogP contribution in [0.2, 0.25) is 0 Å². The number of fused-ring (bicyclic) bond motifs is 6. The normalized spacial score (nSPS) is 7.44. The quantitative estimate of drug-likeness (QED) is 0.114. The molecule has 0 spiro atoms. The molecule has 344 valence electrons. The van der Waals surface area contributed by atoms with Gasteiger partial charge in [-0.05, 0) is 63.8 Å². The predicted molar refractivity (Wildman–Crippen MR) is 264 cm³/mol. The Labute approximate surface area is 479 Å². The van der Waals surface area contributed by atoms with Crippen molar-refractivity contribution in [3.63, 3.8) is 0 Å². The molecule has 0 fully saturated rings. The molecule has 0 nitrogen and oxygen atoms in total. The smallest absolute Gasteiger partial charge is 0.358 e. The average molecular weight is 1870 g/mol. The number of hydrogen-bond acceptors (Lipinski definition) is 0. The number of unbranched alkanes of at least 4 members (excludes halogenated alkanes) is 1. The molecule has 0 amide bonds. The van der Waals surface area contributed by atoms with Crippen molar-refractivity contribution in [1.82, 2.24) is 0 Å². The van der Waals surface area contributed by atoms with Gasteiger partial charge in [0.15, 0.2) is 0 Å². The van der Waals surface area contributed by atoms with Crippen molar-refractivity contribution in [3.05, 3.63) is 154 Å². The summed E-state index contributed by atoms with van der Waals surface area (Å²) in [6.45, 7) is 37.6. The Kier molecular flexibility index (Phi) is 102. The zero-order chi connectivity index (χ0) is 43.2. The van der Waals surface area contributed by atoms with Gasteiger partial charge in [-0.3, -0.25) is 17.8 Å². The summed E-state index contributed by atoms with van der Waals surface area (Å²) in [4.78, 5) is 0. The molecule has 0 aromatic heterocycles. The van der Waals surface area contributed by atoms with Crippen LogP contribution in [0.25, 0.3) is 22.3 Å². The van der Waals surface area contributed by atoms with E-state index in [0.29, 0.717) is 0 Å². The summed E-state index contributed by atoms with van der Waals surface area (Å²) in [5.41, 5.74) is 11.5. The van der Waals surface area contributed by atoms with Crippen LogP contribution in [0.5, 0.6) is 0 Å². The molecule has 0 heterocycles. The second-order valence-corrected chi connectivity index (χ2v) is 10.4. The van der Waals surface area contributed by atoms with Crippen LogP contribution in [0.15, 0.2) is 97.1 Å². The molecule has 0 atom stereocenters. The summed E-state index contributed by atoms with van der Waals surface area (Å²) in [7, 11) is 0. The van der Waals surface area contributed by atoms with Gasteiger partial charge in [-0.2, -0.15) is 27.2 Å². The fourth-order valence-corrected chi connectivity index (χ4v) is 4.84. The largest absolute Gasteiger partial charge is 2.00 e. The van der Waals surface area contributed by atoms with Gasteiger partial charge in [0.1, 0.15) is 0 Å². The van der Waals surface area contributed by atoms with E-state index in [1.54, 1.807) is 0 Å². The van der Waals surface area contributed by atoms with Crippen LogP contribution >= 0.6 is 0 Å². The van der Waals surface area contributed by atoms with E-state index in [1.165, 1.54) is 44.5 Å². The van der Waals surface area contributed by atoms with Gasteiger partial charge in [-0.1, -0.05) is 199 Å². The Balaban J connectivity index is -0.0000000566. The van der Waals surface area contributed by atoms with Crippen molar-refractivity contribution in [3.8, 4) is 69.6 Å². The molecular weight excluding hydrogens is 1790 g/mol. The molecule has 0 aliphatic heterocycles. The van der Waals surface area contributed by atoms with E-state index in [-0.39, 0.29) is 134 Å². The molecule has 0 N–H and O–H groups in total. The zero-order valence-electron chi connectivity index (χ0n) is 41.2. The van der Waals surface area contributed by atoms with Crippen LogP contribution in [0.3, 0.4) is 0 Å². The standard InChI is InChI=1S/2C13H10.C7H11.3C5H7.4C2H6.CH3.6W/c2*1-3-7-12-10(5-1)9-11-6-2-4-8-13(11)12;1-3-5-7-6-4-2;3*1-3-5-4-2;4*1-2;;;;;;;/h2*1-8H,9H2;1,3-5H2,2H3;3*1,4H2,2H3;4*1-2H3;1H3;;;;;;/q;;4*-1;;;;;-1;;;;;2*+2. The van der Waals surface area contributed by atoms with Gasteiger partial charge in [0.25, 0.3) is 0 Å². The van der Waals surface area contributed by atoms with Crippen LogP contribution in [-0.4, -0.2) is 0 Å². The van der Waals surface area contributed by atoms with Crippen molar-refractivity contribution in [2.24, 2.45) is 0 Å². The van der Waals surface area contributed by atoms with E-state index in [9.17, 15) is 0 Å². The molecule has 2 aliphatic rings. The van der Waals surface area contributed by atoms with E-state index >= 15 is 0 Å². The molecule has 63 heavy (non-hydrogen) atoms. The van der Waals surface area contributed by atoms with Gasteiger partial charge in [-0.15, -0.1) is 11.8 Å². The molecule has 6 rings (SSSR count). The van der Waals surface area contributed by atoms with Crippen LogP contribution in [0.4, 0.5) is 0 Å². The van der Waals surface area contributed by atoms with E-state index < -0.39 is 0 Å². The summed E-state index contributed by atoms with van der Waals surface area (Å²) in [5.74, 6) is 21.7. The van der Waals surface area contributed by atoms with Crippen molar-refractivity contribution >= 4 is 0 Å². The molecular formula is C57H79W6-.